The lowest BCUT2D eigenvalue weighted by molar-refractivity contribution is 0.538. The van der Waals surface area contributed by atoms with Crippen LogP contribution in [0.15, 0.2) is 18.3 Å². The molecular weight excluding hydrogens is 246 g/mol. The van der Waals surface area contributed by atoms with Crippen molar-refractivity contribution in [1.29, 1.82) is 0 Å². The second-order valence-electron chi connectivity index (χ2n) is 5.40. The van der Waals surface area contributed by atoms with Crippen LogP contribution in [0.5, 0.6) is 0 Å². The van der Waals surface area contributed by atoms with E-state index in [0.29, 0.717) is 12.0 Å². The van der Waals surface area contributed by atoms with Gasteiger partial charge in [0.05, 0.1) is 5.02 Å². The molecule has 0 bridgehead atoms. The highest BCUT2D eigenvalue weighted by atomic mass is 35.5. The van der Waals surface area contributed by atoms with E-state index in [1.54, 1.807) is 0 Å². The fourth-order valence-electron chi connectivity index (χ4n) is 2.48. The van der Waals surface area contributed by atoms with Crippen molar-refractivity contribution in [3.63, 3.8) is 0 Å². The summed E-state index contributed by atoms with van der Waals surface area (Å²) in [5, 5.41) is 4.28. The Morgan fingerprint density at radius 1 is 1.56 bits per heavy atom. The summed E-state index contributed by atoms with van der Waals surface area (Å²) in [6, 6.07) is 4.37. The molecule has 0 radical (unpaired) electrons. The van der Waals surface area contributed by atoms with E-state index in [2.05, 4.69) is 29.0 Å². The molecule has 1 atom stereocenters. The molecule has 0 saturated carbocycles. The molecular formula is C14H22ClN3. The first-order valence-corrected chi connectivity index (χ1v) is 7.13. The molecule has 2 heterocycles. The van der Waals surface area contributed by atoms with Gasteiger partial charge in [0.2, 0.25) is 0 Å². The number of anilines is 1. The average molecular weight is 268 g/mol. The molecule has 1 saturated heterocycles. The van der Waals surface area contributed by atoms with Gasteiger partial charge in [-0.1, -0.05) is 25.4 Å². The van der Waals surface area contributed by atoms with Crippen molar-refractivity contribution in [2.75, 3.05) is 24.5 Å². The highest BCUT2D eigenvalue weighted by Crippen LogP contribution is 2.24. The molecule has 1 fully saturated rings. The molecule has 100 valence electrons. The van der Waals surface area contributed by atoms with Gasteiger partial charge in [0.15, 0.2) is 0 Å². The van der Waals surface area contributed by atoms with E-state index in [9.17, 15) is 0 Å². The minimum absolute atomic E-state index is 0.571. The number of pyridine rings is 1. The van der Waals surface area contributed by atoms with Crippen molar-refractivity contribution in [1.82, 2.24) is 10.3 Å². The minimum Gasteiger partial charge on any atom is -0.354 e. The summed E-state index contributed by atoms with van der Waals surface area (Å²) in [6.45, 7) is 7.58. The number of hydrogen-bond acceptors (Lipinski definition) is 3. The summed E-state index contributed by atoms with van der Waals surface area (Å²) >= 11 is 6.26. The average Bonchev–Trinajstić information content (AvgIpc) is 2.81. The zero-order valence-electron chi connectivity index (χ0n) is 11.2. The summed E-state index contributed by atoms with van der Waals surface area (Å²) in [5.74, 6) is 1.52. The molecule has 2 rings (SSSR count). The zero-order chi connectivity index (χ0) is 13.0. The second kappa shape index (κ2) is 6.39. The first-order chi connectivity index (χ1) is 8.66. The molecule has 1 aromatic heterocycles. The van der Waals surface area contributed by atoms with Gasteiger partial charge in [-0.15, -0.1) is 0 Å². The van der Waals surface area contributed by atoms with Crippen LogP contribution in [0.25, 0.3) is 0 Å². The summed E-state index contributed by atoms with van der Waals surface area (Å²) in [5.41, 5.74) is 0. The molecule has 1 unspecified atom stereocenters. The topological polar surface area (TPSA) is 28.2 Å². The third kappa shape index (κ3) is 3.59. The van der Waals surface area contributed by atoms with Crippen LogP contribution in [0.2, 0.25) is 5.02 Å². The Morgan fingerprint density at radius 3 is 3.00 bits per heavy atom. The molecule has 0 aromatic carbocycles. The molecule has 1 aromatic rings. The van der Waals surface area contributed by atoms with E-state index in [4.69, 9.17) is 11.6 Å². The molecule has 4 heteroatoms. The minimum atomic E-state index is 0.571. The normalized spacial score (nSPS) is 19.4. The van der Waals surface area contributed by atoms with Crippen LogP contribution in [0.1, 0.15) is 26.7 Å². The van der Waals surface area contributed by atoms with Gasteiger partial charge in [-0.25, -0.2) is 4.98 Å². The van der Waals surface area contributed by atoms with E-state index >= 15 is 0 Å². The van der Waals surface area contributed by atoms with Gasteiger partial charge in [-0.3, -0.25) is 0 Å². The van der Waals surface area contributed by atoms with Crippen LogP contribution in [-0.2, 0) is 0 Å². The number of halogens is 1. The summed E-state index contributed by atoms with van der Waals surface area (Å²) in [4.78, 5) is 6.76. The molecule has 0 amide bonds. The lowest BCUT2D eigenvalue weighted by Gasteiger charge is -2.29. The standard InChI is InChI=1S/C14H22ClN3/c1-11(2)9-18(10-12-5-3-7-16-12)14-13(15)6-4-8-17-14/h4,6,8,11-12,16H,3,5,7,9-10H2,1-2H3. The van der Waals surface area contributed by atoms with Gasteiger partial charge in [-0.2, -0.15) is 0 Å². The summed E-state index contributed by atoms with van der Waals surface area (Å²) < 4.78 is 0. The van der Waals surface area contributed by atoms with Gasteiger partial charge in [0, 0.05) is 25.3 Å². The molecule has 1 aliphatic heterocycles. The Morgan fingerprint density at radius 2 is 2.39 bits per heavy atom. The Hall–Kier alpha value is -0.800. The quantitative estimate of drug-likeness (QED) is 0.889. The number of nitrogens with one attached hydrogen (secondary N) is 1. The smallest absolute Gasteiger partial charge is 0.147 e. The van der Waals surface area contributed by atoms with Crippen molar-refractivity contribution in [2.45, 2.75) is 32.7 Å². The van der Waals surface area contributed by atoms with E-state index < -0.39 is 0 Å². The Labute approximate surface area is 115 Å². The maximum atomic E-state index is 6.26. The van der Waals surface area contributed by atoms with Crippen LogP contribution >= 0.6 is 11.6 Å². The maximum Gasteiger partial charge on any atom is 0.147 e. The van der Waals surface area contributed by atoms with Crippen LogP contribution in [0.4, 0.5) is 5.82 Å². The van der Waals surface area contributed by atoms with Crippen molar-refractivity contribution in [2.24, 2.45) is 5.92 Å². The third-order valence-corrected chi connectivity index (χ3v) is 3.52. The largest absolute Gasteiger partial charge is 0.354 e. The third-order valence-electron chi connectivity index (χ3n) is 3.23. The van der Waals surface area contributed by atoms with Crippen molar-refractivity contribution >= 4 is 17.4 Å². The fraction of sp³-hybridized carbons (Fsp3) is 0.643. The Balaban J connectivity index is 2.11. The van der Waals surface area contributed by atoms with Crippen LogP contribution in [0.3, 0.4) is 0 Å². The molecule has 18 heavy (non-hydrogen) atoms. The number of nitrogens with zero attached hydrogens (tertiary/aromatic N) is 2. The van der Waals surface area contributed by atoms with E-state index in [0.717, 1.165) is 30.5 Å². The highest BCUT2D eigenvalue weighted by Gasteiger charge is 2.20. The maximum absolute atomic E-state index is 6.26. The molecule has 0 aliphatic carbocycles. The first kappa shape index (κ1) is 13.6. The summed E-state index contributed by atoms with van der Waals surface area (Å²) in [6.07, 6.45) is 4.34. The van der Waals surface area contributed by atoms with E-state index in [1.807, 2.05) is 18.3 Å². The second-order valence-corrected chi connectivity index (χ2v) is 5.81. The van der Waals surface area contributed by atoms with Crippen molar-refractivity contribution in [3.8, 4) is 0 Å². The van der Waals surface area contributed by atoms with Crippen LogP contribution in [-0.4, -0.2) is 30.7 Å². The first-order valence-electron chi connectivity index (χ1n) is 6.75. The fourth-order valence-corrected chi connectivity index (χ4v) is 2.72. The highest BCUT2D eigenvalue weighted by molar-refractivity contribution is 6.32. The van der Waals surface area contributed by atoms with Gasteiger partial charge in [0.1, 0.15) is 5.82 Å². The predicted molar refractivity (Wildman–Crippen MR) is 77.3 cm³/mol. The van der Waals surface area contributed by atoms with E-state index in [-0.39, 0.29) is 0 Å². The van der Waals surface area contributed by atoms with Crippen LogP contribution in [0, 0.1) is 5.92 Å². The zero-order valence-corrected chi connectivity index (χ0v) is 12.0. The van der Waals surface area contributed by atoms with Crippen molar-refractivity contribution in [3.05, 3.63) is 23.4 Å². The number of aromatic nitrogens is 1. The van der Waals surface area contributed by atoms with Gasteiger partial charge >= 0.3 is 0 Å². The summed E-state index contributed by atoms with van der Waals surface area (Å²) in [7, 11) is 0. The van der Waals surface area contributed by atoms with Gasteiger partial charge in [-0.05, 0) is 37.4 Å². The lowest BCUT2D eigenvalue weighted by atomic mass is 10.1. The number of hydrogen-bond donors (Lipinski definition) is 1. The molecule has 3 nitrogen and oxygen atoms in total. The monoisotopic (exact) mass is 267 g/mol. The molecule has 0 spiro atoms. The molecule has 1 N–H and O–H groups in total. The number of rotatable bonds is 5. The van der Waals surface area contributed by atoms with Gasteiger partial charge in [0.25, 0.3) is 0 Å². The molecule has 1 aliphatic rings. The van der Waals surface area contributed by atoms with E-state index in [1.165, 1.54) is 12.8 Å². The van der Waals surface area contributed by atoms with Gasteiger partial charge < -0.3 is 10.2 Å². The van der Waals surface area contributed by atoms with Crippen molar-refractivity contribution < 1.29 is 0 Å². The van der Waals surface area contributed by atoms with Crippen LogP contribution < -0.4 is 10.2 Å². The Kier molecular flexibility index (Phi) is 4.84. The predicted octanol–water partition coefficient (Wildman–Crippen LogP) is 2.95. The Bertz CT molecular complexity index is 375. The SMILES string of the molecule is CC(C)CN(CC1CCCN1)c1ncccc1Cl. The lowest BCUT2D eigenvalue weighted by Crippen LogP contribution is -2.40.